The molecule has 9 nitrogen and oxygen atoms in total. The second kappa shape index (κ2) is 7.67. The highest BCUT2D eigenvalue weighted by atomic mass is 32.2. The number of thiazole rings is 1. The number of piperidine rings is 1. The molecule has 1 fully saturated rings. The van der Waals surface area contributed by atoms with E-state index in [0.29, 0.717) is 34.7 Å². The van der Waals surface area contributed by atoms with Crippen molar-refractivity contribution < 1.29 is 21.6 Å². The zero-order chi connectivity index (χ0) is 20.7. The van der Waals surface area contributed by atoms with Crippen LogP contribution in [0.2, 0.25) is 0 Å². The van der Waals surface area contributed by atoms with Gasteiger partial charge < -0.3 is 5.32 Å². The lowest BCUT2D eigenvalue weighted by Gasteiger charge is -2.29. The Labute approximate surface area is 168 Å². The highest BCUT2D eigenvalue weighted by Crippen LogP contribution is 2.30. The Kier molecular flexibility index (Phi) is 5.79. The topological polar surface area (TPSA) is 117 Å². The van der Waals surface area contributed by atoms with E-state index in [1.54, 1.807) is 6.07 Å². The molecule has 1 saturated heterocycles. The summed E-state index contributed by atoms with van der Waals surface area (Å²) in [4.78, 5) is 17.0. The number of rotatable bonds is 5. The quantitative estimate of drug-likeness (QED) is 0.737. The Morgan fingerprint density at radius 3 is 2.64 bits per heavy atom. The van der Waals surface area contributed by atoms with Crippen molar-refractivity contribution in [3.05, 3.63) is 18.2 Å². The SMILES string of the molecule is CN(C)S(=O)(=O)c1ccc2nc(NC(=O)C3CCCN(S(C)(=O)=O)C3)sc2c1. The fourth-order valence-electron chi connectivity index (χ4n) is 2.99. The molecule has 154 valence electrons. The van der Waals surface area contributed by atoms with Gasteiger partial charge in [0.25, 0.3) is 0 Å². The fraction of sp³-hybridized carbons (Fsp3) is 0.500. The maximum atomic E-state index is 12.6. The van der Waals surface area contributed by atoms with E-state index in [4.69, 9.17) is 0 Å². The molecule has 1 aromatic carbocycles. The molecular formula is C16H22N4O5S3. The molecule has 3 rings (SSSR count). The Hall–Kier alpha value is -1.60. The van der Waals surface area contributed by atoms with Crippen molar-refractivity contribution in [2.24, 2.45) is 5.92 Å². The highest BCUT2D eigenvalue weighted by molar-refractivity contribution is 7.89. The number of carbonyl (C=O) groups is 1. The Morgan fingerprint density at radius 2 is 2.00 bits per heavy atom. The lowest BCUT2D eigenvalue weighted by atomic mass is 9.99. The van der Waals surface area contributed by atoms with Crippen LogP contribution in [-0.2, 0) is 24.8 Å². The Morgan fingerprint density at radius 1 is 1.29 bits per heavy atom. The average molecular weight is 447 g/mol. The van der Waals surface area contributed by atoms with Crippen molar-refractivity contribution in [1.82, 2.24) is 13.6 Å². The molecule has 1 N–H and O–H groups in total. The van der Waals surface area contributed by atoms with Crippen LogP contribution >= 0.6 is 11.3 Å². The van der Waals surface area contributed by atoms with E-state index in [-0.39, 0.29) is 17.3 Å². The number of carbonyl (C=O) groups excluding carboxylic acids is 1. The molecule has 2 aromatic rings. The summed E-state index contributed by atoms with van der Waals surface area (Å²) in [5.74, 6) is -0.728. The normalized spacial score (nSPS) is 19.2. The minimum atomic E-state index is -3.56. The van der Waals surface area contributed by atoms with E-state index in [2.05, 4.69) is 10.3 Å². The molecule has 28 heavy (non-hydrogen) atoms. The van der Waals surface area contributed by atoms with Crippen molar-refractivity contribution >= 4 is 52.6 Å². The third kappa shape index (κ3) is 4.35. The Balaban J connectivity index is 1.78. The summed E-state index contributed by atoms with van der Waals surface area (Å²) in [6.45, 7) is 0.577. The van der Waals surface area contributed by atoms with Gasteiger partial charge in [-0.25, -0.2) is 30.4 Å². The minimum absolute atomic E-state index is 0.154. The first-order chi connectivity index (χ1) is 13.0. The van der Waals surface area contributed by atoms with Crippen LogP contribution in [0, 0.1) is 5.92 Å². The maximum Gasteiger partial charge on any atom is 0.242 e. The number of sulfonamides is 2. The van der Waals surface area contributed by atoms with Gasteiger partial charge in [0.2, 0.25) is 26.0 Å². The smallest absolute Gasteiger partial charge is 0.242 e. The number of aromatic nitrogens is 1. The lowest BCUT2D eigenvalue weighted by molar-refractivity contribution is -0.120. The Bertz CT molecular complexity index is 1110. The van der Waals surface area contributed by atoms with E-state index in [1.165, 1.54) is 41.9 Å². The molecule has 2 heterocycles. The van der Waals surface area contributed by atoms with Gasteiger partial charge in [0.15, 0.2) is 5.13 Å². The van der Waals surface area contributed by atoms with Crippen molar-refractivity contribution in [2.75, 3.05) is 38.8 Å². The van der Waals surface area contributed by atoms with Gasteiger partial charge in [0, 0.05) is 27.2 Å². The van der Waals surface area contributed by atoms with Gasteiger partial charge in [-0.3, -0.25) is 4.79 Å². The van der Waals surface area contributed by atoms with Crippen molar-refractivity contribution in [1.29, 1.82) is 0 Å². The van der Waals surface area contributed by atoms with E-state index >= 15 is 0 Å². The third-order valence-electron chi connectivity index (χ3n) is 4.59. The molecule has 0 bridgehead atoms. The third-order valence-corrected chi connectivity index (χ3v) is 8.61. The number of hydrogen-bond acceptors (Lipinski definition) is 7. The second-order valence-electron chi connectivity index (χ2n) is 6.89. The summed E-state index contributed by atoms with van der Waals surface area (Å²) in [5, 5.41) is 3.10. The van der Waals surface area contributed by atoms with Crippen LogP contribution in [0.15, 0.2) is 23.1 Å². The molecule has 0 saturated carbocycles. The first kappa shape index (κ1) is 21.1. The van der Waals surface area contributed by atoms with Crippen molar-refractivity contribution in [3.63, 3.8) is 0 Å². The molecule has 0 aliphatic carbocycles. The summed E-state index contributed by atoms with van der Waals surface area (Å²) in [6.07, 6.45) is 2.37. The van der Waals surface area contributed by atoms with Gasteiger partial charge in [0.1, 0.15) is 0 Å². The number of hydrogen-bond donors (Lipinski definition) is 1. The first-order valence-corrected chi connectivity index (χ1v) is 12.7. The standard InChI is InChI=1S/C16H22N4O5S3/c1-19(2)28(24,25)12-6-7-13-14(9-12)26-16(17-13)18-15(21)11-5-4-8-20(10-11)27(3,22)23/h6-7,9,11H,4-5,8,10H2,1-3H3,(H,17,18,21). The highest BCUT2D eigenvalue weighted by Gasteiger charge is 2.30. The molecule has 1 atom stereocenters. The number of amides is 1. The number of benzene rings is 1. The van der Waals surface area contributed by atoms with E-state index in [0.717, 1.165) is 10.6 Å². The largest absolute Gasteiger partial charge is 0.302 e. The first-order valence-electron chi connectivity index (χ1n) is 8.57. The summed E-state index contributed by atoms with van der Waals surface area (Å²) in [6, 6.07) is 4.61. The van der Waals surface area contributed by atoms with Gasteiger partial charge in [-0.15, -0.1) is 0 Å². The van der Waals surface area contributed by atoms with E-state index < -0.39 is 26.0 Å². The monoisotopic (exact) mass is 446 g/mol. The number of nitrogens with one attached hydrogen (secondary N) is 1. The van der Waals surface area contributed by atoms with Crippen molar-refractivity contribution in [3.8, 4) is 0 Å². The van der Waals surface area contributed by atoms with Gasteiger partial charge >= 0.3 is 0 Å². The van der Waals surface area contributed by atoms with Gasteiger partial charge in [-0.1, -0.05) is 11.3 Å². The average Bonchev–Trinajstić information content (AvgIpc) is 3.02. The molecule has 0 spiro atoms. The summed E-state index contributed by atoms with van der Waals surface area (Å²) in [5.41, 5.74) is 0.583. The fourth-order valence-corrected chi connectivity index (χ4v) is 5.82. The predicted molar refractivity (Wildman–Crippen MR) is 108 cm³/mol. The van der Waals surface area contributed by atoms with Crippen LogP contribution < -0.4 is 5.32 Å². The molecule has 1 unspecified atom stereocenters. The summed E-state index contributed by atoms with van der Waals surface area (Å²) >= 11 is 1.18. The zero-order valence-electron chi connectivity index (χ0n) is 15.7. The predicted octanol–water partition coefficient (Wildman–Crippen LogP) is 1.16. The summed E-state index contributed by atoms with van der Waals surface area (Å²) < 4.78 is 51.1. The number of anilines is 1. The molecule has 1 amide bonds. The van der Waals surface area contributed by atoms with Crippen molar-refractivity contribution in [2.45, 2.75) is 17.7 Å². The molecule has 0 radical (unpaired) electrons. The van der Waals surface area contributed by atoms with Gasteiger partial charge in [-0.2, -0.15) is 0 Å². The zero-order valence-corrected chi connectivity index (χ0v) is 18.2. The number of nitrogens with zero attached hydrogens (tertiary/aromatic N) is 3. The molecule has 1 aliphatic heterocycles. The van der Waals surface area contributed by atoms with Gasteiger partial charge in [-0.05, 0) is 31.0 Å². The molecule has 12 heteroatoms. The van der Waals surface area contributed by atoms with Crippen LogP contribution in [0.5, 0.6) is 0 Å². The van der Waals surface area contributed by atoms with E-state index in [1.807, 2.05) is 0 Å². The van der Waals surface area contributed by atoms with E-state index in [9.17, 15) is 21.6 Å². The minimum Gasteiger partial charge on any atom is -0.302 e. The van der Waals surface area contributed by atoms with Crippen LogP contribution in [0.25, 0.3) is 10.2 Å². The van der Waals surface area contributed by atoms with Gasteiger partial charge in [0.05, 0.1) is 27.3 Å². The van der Waals surface area contributed by atoms with Crippen LogP contribution in [0.1, 0.15) is 12.8 Å². The molecule has 1 aromatic heterocycles. The maximum absolute atomic E-state index is 12.6. The molecular weight excluding hydrogens is 424 g/mol. The lowest BCUT2D eigenvalue weighted by Crippen LogP contribution is -2.43. The summed E-state index contributed by atoms with van der Waals surface area (Å²) in [7, 11) is -3.97. The second-order valence-corrected chi connectivity index (χ2v) is 12.1. The molecule has 1 aliphatic rings. The van der Waals surface area contributed by atoms with Crippen LogP contribution in [-0.4, -0.2) is 69.8 Å². The number of fused-ring (bicyclic) bond motifs is 1. The van der Waals surface area contributed by atoms with Crippen LogP contribution in [0.3, 0.4) is 0 Å². The van der Waals surface area contributed by atoms with Crippen LogP contribution in [0.4, 0.5) is 5.13 Å².